The Hall–Kier alpha value is -3.21. The predicted molar refractivity (Wildman–Crippen MR) is 98.1 cm³/mol. The van der Waals surface area contributed by atoms with E-state index in [2.05, 4.69) is 51.8 Å². The molecule has 0 aliphatic carbocycles. The molecule has 0 unspecified atom stereocenters. The van der Waals surface area contributed by atoms with E-state index in [1.165, 1.54) is 11.1 Å². The van der Waals surface area contributed by atoms with Crippen LogP contribution in [-0.4, -0.2) is 15.9 Å². The number of hydrogen-bond acceptors (Lipinski definition) is 4. The molecule has 2 heterocycles. The summed E-state index contributed by atoms with van der Waals surface area (Å²) in [7, 11) is 0. The quantitative estimate of drug-likeness (QED) is 0.726. The number of aryl methyl sites for hydroxylation is 1. The number of carbonyl (C=O) groups excluding carboxylic acids is 1. The van der Waals surface area contributed by atoms with E-state index in [0.717, 1.165) is 11.3 Å². The van der Waals surface area contributed by atoms with Gasteiger partial charge in [0.1, 0.15) is 0 Å². The van der Waals surface area contributed by atoms with Gasteiger partial charge in [-0.2, -0.15) is 0 Å². The Balaban J connectivity index is 1.58. The van der Waals surface area contributed by atoms with Crippen molar-refractivity contribution in [3.05, 3.63) is 89.5 Å². The van der Waals surface area contributed by atoms with Gasteiger partial charge in [-0.3, -0.25) is 14.8 Å². The molecule has 0 atom stereocenters. The van der Waals surface area contributed by atoms with Crippen LogP contribution >= 0.6 is 0 Å². The molecular formula is C20H20N4O. The number of rotatable bonds is 6. The summed E-state index contributed by atoms with van der Waals surface area (Å²) in [6, 6.07) is 13.9. The van der Waals surface area contributed by atoms with E-state index >= 15 is 0 Å². The van der Waals surface area contributed by atoms with Crippen LogP contribution < -0.4 is 10.6 Å². The summed E-state index contributed by atoms with van der Waals surface area (Å²) in [6.07, 6.45) is 6.72. The molecule has 1 aromatic carbocycles. The van der Waals surface area contributed by atoms with E-state index in [4.69, 9.17) is 0 Å². The molecule has 3 aromatic rings. The molecule has 2 aromatic heterocycles. The van der Waals surface area contributed by atoms with Crippen LogP contribution in [0.4, 0.5) is 5.69 Å². The van der Waals surface area contributed by atoms with Gasteiger partial charge in [0.05, 0.1) is 11.3 Å². The molecule has 3 rings (SSSR count). The van der Waals surface area contributed by atoms with Crippen LogP contribution in [0.5, 0.6) is 0 Å². The summed E-state index contributed by atoms with van der Waals surface area (Å²) in [4.78, 5) is 20.5. The Labute approximate surface area is 147 Å². The summed E-state index contributed by atoms with van der Waals surface area (Å²) >= 11 is 0. The van der Waals surface area contributed by atoms with Crippen LogP contribution in [0.3, 0.4) is 0 Å². The molecule has 0 radical (unpaired) electrons. The first-order valence-electron chi connectivity index (χ1n) is 8.12. The van der Waals surface area contributed by atoms with E-state index in [9.17, 15) is 4.79 Å². The van der Waals surface area contributed by atoms with Gasteiger partial charge >= 0.3 is 0 Å². The summed E-state index contributed by atoms with van der Waals surface area (Å²) < 4.78 is 0. The van der Waals surface area contributed by atoms with E-state index in [1.807, 2.05) is 12.1 Å². The minimum Gasteiger partial charge on any atom is -0.380 e. The predicted octanol–water partition coefficient (Wildman–Crippen LogP) is 3.33. The van der Waals surface area contributed by atoms with Crippen LogP contribution in [0.15, 0.2) is 67.3 Å². The maximum atomic E-state index is 12.3. The summed E-state index contributed by atoms with van der Waals surface area (Å²) in [5.41, 5.74) is 4.71. The average Bonchev–Trinajstić information content (AvgIpc) is 2.67. The zero-order chi connectivity index (χ0) is 17.5. The highest BCUT2D eigenvalue weighted by Gasteiger charge is 2.07. The zero-order valence-electron chi connectivity index (χ0n) is 14.1. The second kappa shape index (κ2) is 8.06. The molecule has 0 aliphatic heterocycles. The number of amides is 1. The third kappa shape index (κ3) is 4.88. The largest absolute Gasteiger partial charge is 0.380 e. The number of hydrogen-bond donors (Lipinski definition) is 2. The minimum absolute atomic E-state index is 0.157. The van der Waals surface area contributed by atoms with E-state index < -0.39 is 0 Å². The number of benzene rings is 1. The number of nitrogens with one attached hydrogen (secondary N) is 2. The van der Waals surface area contributed by atoms with Crippen LogP contribution in [0.25, 0.3) is 0 Å². The Morgan fingerprint density at radius 1 is 0.960 bits per heavy atom. The van der Waals surface area contributed by atoms with Gasteiger partial charge in [-0.05, 0) is 30.2 Å². The fourth-order valence-corrected chi connectivity index (χ4v) is 2.36. The smallest absolute Gasteiger partial charge is 0.253 e. The Morgan fingerprint density at radius 3 is 2.56 bits per heavy atom. The number of aromatic nitrogens is 2. The molecule has 2 N–H and O–H groups in total. The highest BCUT2D eigenvalue weighted by molar-refractivity contribution is 5.94. The molecule has 126 valence electrons. The fourth-order valence-electron chi connectivity index (χ4n) is 2.36. The monoisotopic (exact) mass is 332 g/mol. The van der Waals surface area contributed by atoms with Gasteiger partial charge in [0.15, 0.2) is 0 Å². The third-order valence-corrected chi connectivity index (χ3v) is 3.79. The number of carbonyl (C=O) groups is 1. The maximum Gasteiger partial charge on any atom is 0.253 e. The van der Waals surface area contributed by atoms with Gasteiger partial charge in [0, 0.05) is 37.9 Å². The van der Waals surface area contributed by atoms with Gasteiger partial charge < -0.3 is 10.6 Å². The summed E-state index contributed by atoms with van der Waals surface area (Å²) in [5.74, 6) is -0.157. The van der Waals surface area contributed by atoms with E-state index in [0.29, 0.717) is 18.7 Å². The fraction of sp³-hybridized carbons (Fsp3) is 0.150. The SMILES string of the molecule is Cc1ccc(CNc2cncc(C(=O)NCc3cccnc3)c2)cc1. The molecular weight excluding hydrogens is 312 g/mol. The van der Waals surface area contributed by atoms with Crippen molar-refractivity contribution in [3.63, 3.8) is 0 Å². The second-order valence-corrected chi connectivity index (χ2v) is 5.85. The topological polar surface area (TPSA) is 66.9 Å². The van der Waals surface area contributed by atoms with Gasteiger partial charge in [-0.1, -0.05) is 35.9 Å². The van der Waals surface area contributed by atoms with Crippen molar-refractivity contribution in [2.24, 2.45) is 0 Å². The van der Waals surface area contributed by atoms with E-state index in [-0.39, 0.29) is 5.91 Å². The van der Waals surface area contributed by atoms with Crippen molar-refractivity contribution < 1.29 is 4.79 Å². The maximum absolute atomic E-state index is 12.3. The number of nitrogens with zero attached hydrogens (tertiary/aromatic N) is 2. The van der Waals surface area contributed by atoms with Crippen LogP contribution in [0.2, 0.25) is 0 Å². The first-order valence-corrected chi connectivity index (χ1v) is 8.12. The summed E-state index contributed by atoms with van der Waals surface area (Å²) in [5, 5.41) is 6.17. The average molecular weight is 332 g/mol. The molecule has 0 saturated carbocycles. The molecule has 1 amide bonds. The van der Waals surface area contributed by atoms with Crippen molar-refractivity contribution >= 4 is 11.6 Å². The lowest BCUT2D eigenvalue weighted by molar-refractivity contribution is 0.0950. The van der Waals surface area contributed by atoms with Crippen LogP contribution in [-0.2, 0) is 13.1 Å². The molecule has 25 heavy (non-hydrogen) atoms. The highest BCUT2D eigenvalue weighted by atomic mass is 16.1. The Kier molecular flexibility index (Phi) is 5.36. The lowest BCUT2D eigenvalue weighted by Crippen LogP contribution is -2.23. The molecule has 0 aliphatic rings. The van der Waals surface area contributed by atoms with Gasteiger partial charge in [0.25, 0.3) is 5.91 Å². The van der Waals surface area contributed by atoms with Gasteiger partial charge in [-0.15, -0.1) is 0 Å². The van der Waals surface area contributed by atoms with Crippen molar-refractivity contribution in [3.8, 4) is 0 Å². The normalized spacial score (nSPS) is 10.3. The van der Waals surface area contributed by atoms with Crippen molar-refractivity contribution in [2.45, 2.75) is 20.0 Å². The Bertz CT molecular complexity index is 832. The first kappa shape index (κ1) is 16.6. The number of anilines is 1. The molecule has 0 spiro atoms. The van der Waals surface area contributed by atoms with Crippen molar-refractivity contribution in [2.75, 3.05) is 5.32 Å². The van der Waals surface area contributed by atoms with Crippen LogP contribution in [0.1, 0.15) is 27.0 Å². The summed E-state index contributed by atoms with van der Waals surface area (Å²) in [6.45, 7) is 3.19. The molecule has 0 saturated heterocycles. The Morgan fingerprint density at radius 2 is 1.80 bits per heavy atom. The molecule has 5 heteroatoms. The van der Waals surface area contributed by atoms with Crippen LogP contribution in [0, 0.1) is 6.92 Å². The highest BCUT2D eigenvalue weighted by Crippen LogP contribution is 2.11. The minimum atomic E-state index is -0.157. The molecule has 0 fully saturated rings. The van der Waals surface area contributed by atoms with Crippen molar-refractivity contribution in [1.29, 1.82) is 0 Å². The van der Waals surface area contributed by atoms with Gasteiger partial charge in [0.2, 0.25) is 0 Å². The second-order valence-electron chi connectivity index (χ2n) is 5.85. The molecule has 5 nitrogen and oxygen atoms in total. The first-order chi connectivity index (χ1) is 12.2. The lowest BCUT2D eigenvalue weighted by atomic mass is 10.1. The zero-order valence-corrected chi connectivity index (χ0v) is 14.1. The molecule has 0 bridgehead atoms. The van der Waals surface area contributed by atoms with Gasteiger partial charge in [-0.25, -0.2) is 0 Å². The van der Waals surface area contributed by atoms with E-state index in [1.54, 1.807) is 30.9 Å². The number of pyridine rings is 2. The third-order valence-electron chi connectivity index (χ3n) is 3.79. The standard InChI is InChI=1S/C20H20N4O/c1-15-4-6-16(7-5-15)11-23-19-9-18(13-22-14-19)20(25)24-12-17-3-2-8-21-10-17/h2-10,13-14,23H,11-12H2,1H3,(H,24,25). The van der Waals surface area contributed by atoms with Crippen molar-refractivity contribution in [1.82, 2.24) is 15.3 Å². The lowest BCUT2D eigenvalue weighted by Gasteiger charge is -2.09.